The Morgan fingerprint density at radius 2 is 1.90 bits per heavy atom. The van der Waals surface area contributed by atoms with E-state index in [0.29, 0.717) is 29.4 Å². The quantitative estimate of drug-likeness (QED) is 0.418. The maximum absolute atomic E-state index is 12.3. The first kappa shape index (κ1) is 21.5. The zero-order valence-electron chi connectivity index (χ0n) is 16.5. The second-order valence-corrected chi connectivity index (χ2v) is 5.94. The first-order valence-electron chi connectivity index (χ1n) is 8.97. The molecule has 2 aromatic rings. The SMILES string of the molecule is CCOc1ccc(NC(=O)[C@H](C)OC(=O)/C(C#N)=C/c2cccc(OC)c2)cc1. The smallest absolute Gasteiger partial charge is 0.349 e. The fraction of sp³-hybridized carbons (Fsp3) is 0.227. The Morgan fingerprint density at radius 3 is 2.52 bits per heavy atom. The Bertz CT molecular complexity index is 929. The number of hydrogen-bond acceptors (Lipinski definition) is 6. The monoisotopic (exact) mass is 394 g/mol. The van der Waals surface area contributed by atoms with Crippen molar-refractivity contribution in [3.05, 3.63) is 59.7 Å². The molecule has 7 heteroatoms. The molecule has 1 atom stereocenters. The van der Waals surface area contributed by atoms with Gasteiger partial charge in [-0.15, -0.1) is 0 Å². The summed E-state index contributed by atoms with van der Waals surface area (Å²) in [6.45, 7) is 3.86. The van der Waals surface area contributed by atoms with Crippen LogP contribution in [0, 0.1) is 11.3 Å². The molecule has 0 radical (unpaired) electrons. The number of methoxy groups -OCH3 is 1. The van der Waals surface area contributed by atoms with Gasteiger partial charge in [0.05, 0.1) is 13.7 Å². The molecule has 0 aliphatic carbocycles. The van der Waals surface area contributed by atoms with Crippen molar-refractivity contribution >= 4 is 23.6 Å². The van der Waals surface area contributed by atoms with Gasteiger partial charge in [-0.2, -0.15) is 5.26 Å². The van der Waals surface area contributed by atoms with Gasteiger partial charge in [0.1, 0.15) is 23.1 Å². The Morgan fingerprint density at radius 1 is 1.17 bits per heavy atom. The van der Waals surface area contributed by atoms with Crippen LogP contribution >= 0.6 is 0 Å². The van der Waals surface area contributed by atoms with Crippen molar-refractivity contribution in [2.24, 2.45) is 0 Å². The number of ether oxygens (including phenoxy) is 3. The molecule has 0 aliphatic rings. The van der Waals surface area contributed by atoms with Crippen LogP contribution in [0.2, 0.25) is 0 Å². The van der Waals surface area contributed by atoms with Crippen LogP contribution in [0.5, 0.6) is 11.5 Å². The molecular weight excluding hydrogens is 372 g/mol. The van der Waals surface area contributed by atoms with Crippen LogP contribution in [0.15, 0.2) is 54.1 Å². The van der Waals surface area contributed by atoms with Gasteiger partial charge in [-0.25, -0.2) is 4.79 Å². The number of amides is 1. The highest BCUT2D eigenvalue weighted by Gasteiger charge is 2.20. The van der Waals surface area contributed by atoms with Crippen LogP contribution in [0.1, 0.15) is 19.4 Å². The topological polar surface area (TPSA) is 97.6 Å². The molecule has 7 nitrogen and oxygen atoms in total. The van der Waals surface area contributed by atoms with Gasteiger partial charge in [-0.3, -0.25) is 4.79 Å². The van der Waals surface area contributed by atoms with Gasteiger partial charge in [0.2, 0.25) is 0 Å². The largest absolute Gasteiger partial charge is 0.497 e. The van der Waals surface area contributed by atoms with Crippen LogP contribution in [0.3, 0.4) is 0 Å². The third kappa shape index (κ3) is 6.40. The molecule has 0 saturated carbocycles. The van der Waals surface area contributed by atoms with Crippen molar-refractivity contribution in [1.29, 1.82) is 5.26 Å². The van der Waals surface area contributed by atoms with E-state index in [9.17, 15) is 14.9 Å². The fourth-order valence-corrected chi connectivity index (χ4v) is 2.36. The van der Waals surface area contributed by atoms with E-state index in [0.717, 1.165) is 0 Å². The molecular formula is C22H22N2O5. The summed E-state index contributed by atoms with van der Waals surface area (Å²) in [6, 6.07) is 15.5. The molecule has 0 heterocycles. The van der Waals surface area contributed by atoms with Gasteiger partial charge in [0.25, 0.3) is 5.91 Å². The van der Waals surface area contributed by atoms with Gasteiger partial charge in [-0.05, 0) is 61.9 Å². The number of nitriles is 1. The maximum atomic E-state index is 12.3. The van der Waals surface area contributed by atoms with E-state index in [1.807, 2.05) is 6.92 Å². The number of esters is 1. The number of anilines is 1. The van der Waals surface area contributed by atoms with Gasteiger partial charge in [0.15, 0.2) is 6.10 Å². The first-order valence-corrected chi connectivity index (χ1v) is 8.97. The lowest BCUT2D eigenvalue weighted by Crippen LogP contribution is -2.30. The number of carbonyl (C=O) groups is 2. The highest BCUT2D eigenvalue weighted by atomic mass is 16.5. The molecule has 1 N–H and O–H groups in total. The molecule has 29 heavy (non-hydrogen) atoms. The van der Waals surface area contributed by atoms with Crippen molar-refractivity contribution in [2.75, 3.05) is 19.0 Å². The number of hydrogen-bond donors (Lipinski definition) is 1. The lowest BCUT2D eigenvalue weighted by atomic mass is 10.1. The van der Waals surface area contributed by atoms with E-state index in [2.05, 4.69) is 5.32 Å². The van der Waals surface area contributed by atoms with E-state index >= 15 is 0 Å². The molecule has 0 spiro atoms. The molecule has 0 aliphatic heterocycles. The zero-order valence-corrected chi connectivity index (χ0v) is 16.5. The van der Waals surface area contributed by atoms with Crippen LogP contribution in [0.4, 0.5) is 5.69 Å². The normalized spacial score (nSPS) is 11.7. The average Bonchev–Trinajstić information content (AvgIpc) is 2.73. The number of nitrogens with zero attached hydrogens (tertiary/aromatic N) is 1. The third-order valence-corrected chi connectivity index (χ3v) is 3.83. The lowest BCUT2D eigenvalue weighted by Gasteiger charge is -2.13. The minimum atomic E-state index is -1.09. The Hall–Kier alpha value is -3.79. The first-order chi connectivity index (χ1) is 14.0. The summed E-state index contributed by atoms with van der Waals surface area (Å²) in [6.07, 6.45) is 0.290. The number of nitrogens with one attached hydrogen (secondary N) is 1. The zero-order chi connectivity index (χ0) is 21.2. The number of benzene rings is 2. The second-order valence-electron chi connectivity index (χ2n) is 5.94. The van der Waals surface area contributed by atoms with E-state index in [1.165, 1.54) is 20.1 Å². The molecule has 150 valence electrons. The van der Waals surface area contributed by atoms with Crippen LogP contribution in [-0.4, -0.2) is 31.7 Å². The molecule has 1 amide bonds. The van der Waals surface area contributed by atoms with Gasteiger partial charge in [-0.1, -0.05) is 12.1 Å². The Kier molecular flexibility index (Phi) is 7.80. The summed E-state index contributed by atoms with van der Waals surface area (Å²) < 4.78 is 15.6. The van der Waals surface area contributed by atoms with Crippen molar-refractivity contribution in [3.63, 3.8) is 0 Å². The van der Waals surface area contributed by atoms with E-state index < -0.39 is 18.0 Å². The van der Waals surface area contributed by atoms with Crippen LogP contribution < -0.4 is 14.8 Å². The van der Waals surface area contributed by atoms with Crippen molar-refractivity contribution in [3.8, 4) is 17.6 Å². The molecule has 0 aromatic heterocycles. The van der Waals surface area contributed by atoms with E-state index in [-0.39, 0.29) is 5.57 Å². The van der Waals surface area contributed by atoms with E-state index in [4.69, 9.17) is 14.2 Å². The van der Waals surface area contributed by atoms with Crippen molar-refractivity contribution in [1.82, 2.24) is 0 Å². The molecule has 0 fully saturated rings. The minimum Gasteiger partial charge on any atom is -0.497 e. The van der Waals surface area contributed by atoms with Gasteiger partial charge < -0.3 is 19.5 Å². The average molecular weight is 394 g/mol. The summed E-state index contributed by atoms with van der Waals surface area (Å²) >= 11 is 0. The molecule has 0 saturated heterocycles. The second kappa shape index (κ2) is 10.5. The summed E-state index contributed by atoms with van der Waals surface area (Å²) in [4.78, 5) is 24.5. The molecule has 0 bridgehead atoms. The predicted octanol–water partition coefficient (Wildman–Crippen LogP) is 3.57. The minimum absolute atomic E-state index is 0.223. The summed E-state index contributed by atoms with van der Waals surface area (Å²) in [5.74, 6) is -0.121. The molecule has 2 rings (SSSR count). The molecule has 2 aromatic carbocycles. The highest BCUT2D eigenvalue weighted by Crippen LogP contribution is 2.17. The van der Waals surface area contributed by atoms with Crippen molar-refractivity contribution in [2.45, 2.75) is 20.0 Å². The summed E-state index contributed by atoms with van der Waals surface area (Å²) in [5.41, 5.74) is 0.914. The van der Waals surface area contributed by atoms with Crippen LogP contribution in [-0.2, 0) is 14.3 Å². The Labute approximate surface area is 169 Å². The summed E-state index contributed by atoms with van der Waals surface area (Å²) in [7, 11) is 1.52. The van der Waals surface area contributed by atoms with Gasteiger partial charge in [0, 0.05) is 5.69 Å². The number of rotatable bonds is 8. The Balaban J connectivity index is 2.00. The standard InChI is InChI=1S/C22H22N2O5/c1-4-28-19-10-8-18(9-11-19)24-21(25)15(2)29-22(26)17(14-23)12-16-6-5-7-20(13-16)27-3/h5-13,15H,4H2,1-3H3,(H,24,25)/b17-12+/t15-/m0/s1. The fourth-order valence-electron chi connectivity index (χ4n) is 2.36. The van der Waals surface area contributed by atoms with Crippen molar-refractivity contribution < 1.29 is 23.8 Å². The van der Waals surface area contributed by atoms with Crippen LogP contribution in [0.25, 0.3) is 6.08 Å². The number of carbonyl (C=O) groups excluding carboxylic acids is 2. The lowest BCUT2D eigenvalue weighted by molar-refractivity contribution is -0.148. The highest BCUT2D eigenvalue weighted by molar-refractivity contribution is 6.01. The van der Waals surface area contributed by atoms with Gasteiger partial charge >= 0.3 is 5.97 Å². The maximum Gasteiger partial charge on any atom is 0.349 e. The molecule has 0 unspecified atom stereocenters. The van der Waals surface area contributed by atoms with E-state index in [1.54, 1.807) is 54.6 Å². The summed E-state index contributed by atoms with van der Waals surface area (Å²) in [5, 5.41) is 11.9. The predicted molar refractivity (Wildman–Crippen MR) is 108 cm³/mol. The third-order valence-electron chi connectivity index (χ3n) is 3.83.